The first kappa shape index (κ1) is 13.6. The van der Waals surface area contributed by atoms with E-state index in [1.54, 1.807) is 0 Å². The van der Waals surface area contributed by atoms with Crippen LogP contribution in [-0.2, 0) is 12.8 Å². The third kappa shape index (κ3) is 4.38. The maximum atomic E-state index is 5.59. The molecule has 1 aromatic carbocycles. The maximum absolute atomic E-state index is 5.59. The Kier molecular flexibility index (Phi) is 4.93. The molecule has 0 aliphatic heterocycles. The van der Waals surface area contributed by atoms with E-state index in [0.717, 1.165) is 18.5 Å². The minimum absolute atomic E-state index is 0.254. The molecule has 0 fully saturated rings. The number of rotatable bonds is 5. The Balaban J connectivity index is 1.96. The van der Waals surface area contributed by atoms with Crippen LogP contribution < -0.4 is 5.73 Å². The van der Waals surface area contributed by atoms with E-state index in [-0.39, 0.29) is 5.88 Å². The second-order valence-corrected chi connectivity index (χ2v) is 4.53. The molecule has 0 atom stereocenters. The molecule has 2 aromatic rings. The molecule has 98 valence electrons. The lowest BCUT2D eigenvalue weighted by Crippen LogP contribution is -2.12. The Hall–Kier alpha value is -1.87. The van der Waals surface area contributed by atoms with Crippen LogP contribution in [0.4, 0.5) is 5.69 Å². The standard InChI is InChI=1S/C15H16ClN3/c16-11-15(17)19-14-5-3-12(4-6-14)1-2-13-7-9-18-10-8-13/h3-10H,1-2,11H2,(H2,17,19). The average molecular weight is 274 g/mol. The van der Waals surface area contributed by atoms with Crippen LogP contribution >= 0.6 is 11.6 Å². The van der Waals surface area contributed by atoms with Crippen LogP contribution in [0.25, 0.3) is 0 Å². The predicted octanol–water partition coefficient (Wildman–Crippen LogP) is 3.09. The number of benzene rings is 1. The number of amidine groups is 1. The molecule has 2 N–H and O–H groups in total. The Bertz CT molecular complexity index is 535. The number of nitrogens with zero attached hydrogens (tertiary/aromatic N) is 2. The van der Waals surface area contributed by atoms with Crippen LogP contribution in [0.1, 0.15) is 11.1 Å². The number of halogens is 1. The van der Waals surface area contributed by atoms with Gasteiger partial charge < -0.3 is 5.73 Å². The molecule has 2 rings (SSSR count). The SMILES string of the molecule is NC(CCl)=Nc1ccc(CCc2ccncc2)cc1. The summed E-state index contributed by atoms with van der Waals surface area (Å²) in [5, 5.41) is 0. The molecule has 19 heavy (non-hydrogen) atoms. The van der Waals surface area contributed by atoms with Gasteiger partial charge in [-0.05, 0) is 48.2 Å². The van der Waals surface area contributed by atoms with Gasteiger partial charge in [-0.2, -0.15) is 0 Å². The highest BCUT2D eigenvalue weighted by atomic mass is 35.5. The van der Waals surface area contributed by atoms with E-state index < -0.39 is 0 Å². The van der Waals surface area contributed by atoms with Crippen molar-refractivity contribution in [2.75, 3.05) is 5.88 Å². The van der Waals surface area contributed by atoms with Crippen molar-refractivity contribution >= 4 is 23.1 Å². The lowest BCUT2D eigenvalue weighted by Gasteiger charge is -2.03. The van der Waals surface area contributed by atoms with Gasteiger partial charge in [0.05, 0.1) is 11.6 Å². The number of aryl methyl sites for hydroxylation is 2. The van der Waals surface area contributed by atoms with Crippen molar-refractivity contribution in [2.24, 2.45) is 10.7 Å². The first-order valence-corrected chi connectivity index (χ1v) is 6.68. The highest BCUT2D eigenvalue weighted by molar-refractivity contribution is 6.28. The number of pyridine rings is 1. The van der Waals surface area contributed by atoms with Crippen molar-refractivity contribution < 1.29 is 0 Å². The van der Waals surface area contributed by atoms with Gasteiger partial charge in [-0.25, -0.2) is 4.99 Å². The van der Waals surface area contributed by atoms with E-state index in [1.165, 1.54) is 11.1 Å². The Labute approximate surface area is 118 Å². The Morgan fingerprint density at radius 2 is 1.58 bits per heavy atom. The third-order valence-electron chi connectivity index (χ3n) is 2.80. The van der Waals surface area contributed by atoms with Crippen molar-refractivity contribution in [3.05, 3.63) is 59.9 Å². The Morgan fingerprint density at radius 3 is 2.16 bits per heavy atom. The molecular formula is C15H16ClN3. The van der Waals surface area contributed by atoms with Crippen molar-refractivity contribution in [1.82, 2.24) is 4.98 Å². The zero-order valence-corrected chi connectivity index (χ0v) is 11.3. The molecule has 0 aliphatic carbocycles. The third-order valence-corrected chi connectivity index (χ3v) is 3.07. The Morgan fingerprint density at radius 1 is 1.00 bits per heavy atom. The zero-order chi connectivity index (χ0) is 13.5. The molecule has 0 spiro atoms. The van der Waals surface area contributed by atoms with Gasteiger partial charge in [0.25, 0.3) is 0 Å². The topological polar surface area (TPSA) is 51.3 Å². The van der Waals surface area contributed by atoms with Crippen molar-refractivity contribution in [2.45, 2.75) is 12.8 Å². The molecule has 1 heterocycles. The second-order valence-electron chi connectivity index (χ2n) is 4.26. The van der Waals surface area contributed by atoms with Crippen LogP contribution in [0, 0.1) is 0 Å². The van der Waals surface area contributed by atoms with E-state index in [9.17, 15) is 0 Å². The summed E-state index contributed by atoms with van der Waals surface area (Å²) in [4.78, 5) is 8.20. The summed E-state index contributed by atoms with van der Waals surface area (Å²) in [7, 11) is 0. The molecule has 1 aromatic heterocycles. The molecule has 0 saturated heterocycles. The maximum Gasteiger partial charge on any atom is 0.115 e. The number of aromatic nitrogens is 1. The van der Waals surface area contributed by atoms with E-state index >= 15 is 0 Å². The molecular weight excluding hydrogens is 258 g/mol. The van der Waals surface area contributed by atoms with Crippen molar-refractivity contribution in [1.29, 1.82) is 0 Å². The molecule has 0 aliphatic rings. The molecule has 0 bridgehead atoms. The fraction of sp³-hybridized carbons (Fsp3) is 0.200. The largest absolute Gasteiger partial charge is 0.386 e. The molecule has 0 radical (unpaired) electrons. The lowest BCUT2D eigenvalue weighted by atomic mass is 10.1. The van der Waals surface area contributed by atoms with Crippen LogP contribution in [0.5, 0.6) is 0 Å². The summed E-state index contributed by atoms with van der Waals surface area (Å²) < 4.78 is 0. The van der Waals surface area contributed by atoms with E-state index in [2.05, 4.69) is 22.1 Å². The minimum atomic E-state index is 0.254. The van der Waals surface area contributed by atoms with Crippen LogP contribution in [0.3, 0.4) is 0 Å². The first-order valence-electron chi connectivity index (χ1n) is 6.15. The summed E-state index contributed by atoms with van der Waals surface area (Å²) in [5.41, 5.74) is 9.00. The van der Waals surface area contributed by atoms with Gasteiger partial charge in [-0.3, -0.25) is 4.98 Å². The second kappa shape index (κ2) is 6.90. The quantitative estimate of drug-likeness (QED) is 0.517. The van der Waals surface area contributed by atoms with Crippen molar-refractivity contribution in [3.63, 3.8) is 0 Å². The normalized spacial score (nSPS) is 11.5. The zero-order valence-electron chi connectivity index (χ0n) is 10.6. The predicted molar refractivity (Wildman–Crippen MR) is 80.1 cm³/mol. The van der Waals surface area contributed by atoms with Gasteiger partial charge in [0.2, 0.25) is 0 Å². The number of alkyl halides is 1. The van der Waals surface area contributed by atoms with Crippen molar-refractivity contribution in [3.8, 4) is 0 Å². The lowest BCUT2D eigenvalue weighted by molar-refractivity contribution is 0.955. The van der Waals surface area contributed by atoms with Gasteiger partial charge in [0, 0.05) is 12.4 Å². The van der Waals surface area contributed by atoms with Gasteiger partial charge in [-0.1, -0.05) is 12.1 Å². The summed E-state index contributed by atoms with van der Waals surface area (Å²) in [6.45, 7) is 0. The van der Waals surface area contributed by atoms with Crippen LogP contribution in [0.15, 0.2) is 53.8 Å². The fourth-order valence-electron chi connectivity index (χ4n) is 1.77. The van der Waals surface area contributed by atoms with E-state index in [0.29, 0.717) is 5.84 Å². The number of hydrogen-bond donors (Lipinski definition) is 1. The molecule has 3 nitrogen and oxygen atoms in total. The van der Waals surface area contributed by atoms with Gasteiger partial charge in [0.1, 0.15) is 5.84 Å². The van der Waals surface area contributed by atoms with E-state index in [4.69, 9.17) is 17.3 Å². The fourth-order valence-corrected chi connectivity index (χ4v) is 1.83. The van der Waals surface area contributed by atoms with Gasteiger partial charge >= 0.3 is 0 Å². The number of aliphatic imine (C=N–C) groups is 1. The van der Waals surface area contributed by atoms with E-state index in [1.807, 2.05) is 36.7 Å². The summed E-state index contributed by atoms with van der Waals surface area (Å²) in [6.07, 6.45) is 5.65. The summed E-state index contributed by atoms with van der Waals surface area (Å²) >= 11 is 5.59. The average Bonchev–Trinajstić information content (AvgIpc) is 2.47. The van der Waals surface area contributed by atoms with Crippen LogP contribution in [0.2, 0.25) is 0 Å². The molecule has 0 unspecified atom stereocenters. The monoisotopic (exact) mass is 273 g/mol. The molecule has 4 heteroatoms. The first-order chi connectivity index (χ1) is 9.28. The number of nitrogens with two attached hydrogens (primary N) is 1. The number of hydrogen-bond acceptors (Lipinski definition) is 2. The summed E-state index contributed by atoms with van der Waals surface area (Å²) in [5.74, 6) is 0.690. The highest BCUT2D eigenvalue weighted by Gasteiger charge is 1.97. The molecule has 0 saturated carbocycles. The van der Waals surface area contributed by atoms with Gasteiger partial charge in [0.15, 0.2) is 0 Å². The highest BCUT2D eigenvalue weighted by Crippen LogP contribution is 2.14. The smallest absolute Gasteiger partial charge is 0.115 e. The summed E-state index contributed by atoms with van der Waals surface area (Å²) in [6, 6.07) is 12.1. The van der Waals surface area contributed by atoms with Crippen LogP contribution in [-0.4, -0.2) is 16.7 Å². The van der Waals surface area contributed by atoms with Gasteiger partial charge in [-0.15, -0.1) is 11.6 Å². The molecule has 0 amide bonds. The minimum Gasteiger partial charge on any atom is -0.386 e.